The minimum Gasteiger partial charge on any atom is -0.497 e. The number of nitrogens with zero attached hydrogens (tertiary/aromatic N) is 2. The number of fused-ring (bicyclic) bond motifs is 2. The number of aromatic nitrogens is 1. The standard InChI is InChI=1S/C19H17N3O3/c1-12-7-17(15-9-14(23-2)4-5-16(15)21-12)22-20-10-13-3-6-18-19(8-13)25-11-24-18/h3-10H,11H2,1-2H3,(H,21,22)/b20-10+. The van der Waals surface area contributed by atoms with Crippen molar-refractivity contribution in [3.05, 3.63) is 53.7 Å². The fourth-order valence-corrected chi connectivity index (χ4v) is 2.73. The molecule has 25 heavy (non-hydrogen) atoms. The van der Waals surface area contributed by atoms with Gasteiger partial charge in [0.05, 0.1) is 24.5 Å². The summed E-state index contributed by atoms with van der Waals surface area (Å²) in [4.78, 5) is 4.54. The second-order valence-electron chi connectivity index (χ2n) is 5.68. The average Bonchev–Trinajstić information content (AvgIpc) is 3.09. The van der Waals surface area contributed by atoms with Gasteiger partial charge >= 0.3 is 0 Å². The Kier molecular flexibility index (Phi) is 3.85. The second kappa shape index (κ2) is 6.32. The molecule has 6 heteroatoms. The maximum atomic E-state index is 5.38. The first kappa shape index (κ1) is 15.3. The first-order chi connectivity index (χ1) is 12.2. The van der Waals surface area contributed by atoms with E-state index in [1.165, 1.54) is 0 Å². The SMILES string of the molecule is COc1ccc2nc(C)cc(N/N=C/c3ccc4c(c3)OCO4)c2c1. The summed E-state index contributed by atoms with van der Waals surface area (Å²) in [5.41, 5.74) is 6.70. The second-order valence-corrected chi connectivity index (χ2v) is 5.68. The number of nitrogens with one attached hydrogen (secondary N) is 1. The quantitative estimate of drug-likeness (QED) is 0.581. The van der Waals surface area contributed by atoms with Crippen molar-refractivity contribution in [2.24, 2.45) is 5.10 Å². The molecule has 2 heterocycles. The predicted octanol–water partition coefficient (Wildman–Crippen LogP) is 3.73. The lowest BCUT2D eigenvalue weighted by molar-refractivity contribution is 0.174. The highest BCUT2D eigenvalue weighted by Gasteiger charge is 2.12. The van der Waals surface area contributed by atoms with Crippen LogP contribution in [0.5, 0.6) is 17.2 Å². The molecule has 1 N–H and O–H groups in total. The monoisotopic (exact) mass is 335 g/mol. The van der Waals surface area contributed by atoms with Crippen molar-refractivity contribution in [2.75, 3.05) is 19.3 Å². The van der Waals surface area contributed by atoms with Gasteiger partial charge in [0.2, 0.25) is 6.79 Å². The molecule has 1 aromatic heterocycles. The van der Waals surface area contributed by atoms with Crippen molar-refractivity contribution in [3.8, 4) is 17.2 Å². The van der Waals surface area contributed by atoms with Crippen LogP contribution in [-0.2, 0) is 0 Å². The smallest absolute Gasteiger partial charge is 0.231 e. The van der Waals surface area contributed by atoms with Crippen molar-refractivity contribution in [2.45, 2.75) is 6.92 Å². The lowest BCUT2D eigenvalue weighted by Gasteiger charge is -2.09. The fraction of sp³-hybridized carbons (Fsp3) is 0.158. The Balaban J connectivity index is 1.61. The minimum atomic E-state index is 0.262. The summed E-state index contributed by atoms with van der Waals surface area (Å²) in [6.45, 7) is 2.22. The van der Waals surface area contributed by atoms with Crippen LogP contribution in [0.3, 0.4) is 0 Å². The average molecular weight is 335 g/mol. The maximum absolute atomic E-state index is 5.38. The number of ether oxygens (including phenoxy) is 3. The number of anilines is 1. The highest BCUT2D eigenvalue weighted by molar-refractivity contribution is 5.93. The van der Waals surface area contributed by atoms with Crippen molar-refractivity contribution >= 4 is 22.8 Å². The van der Waals surface area contributed by atoms with E-state index < -0.39 is 0 Å². The zero-order valence-corrected chi connectivity index (χ0v) is 13.9. The summed E-state index contributed by atoms with van der Waals surface area (Å²) in [6.07, 6.45) is 1.74. The number of methoxy groups -OCH3 is 1. The van der Waals surface area contributed by atoms with E-state index >= 15 is 0 Å². The first-order valence-corrected chi connectivity index (χ1v) is 7.87. The Bertz CT molecular complexity index is 970. The molecule has 0 spiro atoms. The normalized spacial score (nSPS) is 12.7. The summed E-state index contributed by atoms with van der Waals surface area (Å²) in [5, 5.41) is 5.30. The molecule has 0 amide bonds. The van der Waals surface area contributed by atoms with E-state index in [2.05, 4.69) is 15.5 Å². The number of pyridine rings is 1. The van der Waals surface area contributed by atoms with Crippen LogP contribution < -0.4 is 19.6 Å². The Labute approximate surface area is 145 Å². The molecule has 0 fully saturated rings. The largest absolute Gasteiger partial charge is 0.497 e. The number of benzene rings is 2. The molecular weight excluding hydrogens is 318 g/mol. The number of hydrogen-bond donors (Lipinski definition) is 1. The van der Waals surface area contributed by atoms with Crippen LogP contribution in [0.2, 0.25) is 0 Å². The van der Waals surface area contributed by atoms with E-state index in [0.29, 0.717) is 0 Å². The van der Waals surface area contributed by atoms with E-state index in [0.717, 1.165) is 45.1 Å². The molecule has 0 radical (unpaired) electrons. The topological polar surface area (TPSA) is 65.0 Å². The van der Waals surface area contributed by atoms with E-state index in [9.17, 15) is 0 Å². The molecule has 0 saturated heterocycles. The minimum absolute atomic E-state index is 0.262. The molecule has 0 atom stereocenters. The van der Waals surface area contributed by atoms with Gasteiger partial charge in [-0.1, -0.05) is 0 Å². The van der Waals surface area contributed by atoms with Crippen molar-refractivity contribution in [1.29, 1.82) is 0 Å². The van der Waals surface area contributed by atoms with Crippen molar-refractivity contribution in [3.63, 3.8) is 0 Å². The van der Waals surface area contributed by atoms with Crippen LogP contribution in [0.4, 0.5) is 5.69 Å². The van der Waals surface area contributed by atoms with Crippen LogP contribution in [0.25, 0.3) is 10.9 Å². The molecule has 0 unspecified atom stereocenters. The number of hydrazone groups is 1. The Morgan fingerprint density at radius 2 is 2.00 bits per heavy atom. The molecule has 0 saturated carbocycles. The van der Waals surface area contributed by atoms with Gasteiger partial charge in [-0.05, 0) is 55.0 Å². The molecule has 126 valence electrons. The van der Waals surface area contributed by atoms with Crippen molar-refractivity contribution < 1.29 is 14.2 Å². The fourth-order valence-electron chi connectivity index (χ4n) is 2.73. The van der Waals surface area contributed by atoms with E-state index in [1.807, 2.05) is 49.4 Å². The third kappa shape index (κ3) is 3.06. The Morgan fingerprint density at radius 1 is 1.12 bits per heavy atom. The molecule has 1 aliphatic rings. The predicted molar refractivity (Wildman–Crippen MR) is 96.8 cm³/mol. The number of rotatable bonds is 4. The van der Waals surface area contributed by atoms with Gasteiger partial charge in [0.1, 0.15) is 5.75 Å². The van der Waals surface area contributed by atoms with E-state index in [-0.39, 0.29) is 6.79 Å². The van der Waals surface area contributed by atoms with Gasteiger partial charge < -0.3 is 14.2 Å². The van der Waals surface area contributed by atoms with Gasteiger partial charge in [-0.15, -0.1) is 0 Å². The summed E-state index contributed by atoms with van der Waals surface area (Å²) in [6, 6.07) is 13.4. The maximum Gasteiger partial charge on any atom is 0.231 e. The van der Waals surface area contributed by atoms with E-state index in [1.54, 1.807) is 13.3 Å². The molecule has 1 aliphatic heterocycles. The van der Waals surface area contributed by atoms with Crippen molar-refractivity contribution in [1.82, 2.24) is 4.98 Å². The Hall–Kier alpha value is -3.28. The van der Waals surface area contributed by atoms with Crippen LogP contribution in [0.1, 0.15) is 11.3 Å². The van der Waals surface area contributed by atoms with Crippen LogP contribution >= 0.6 is 0 Å². The lowest BCUT2D eigenvalue weighted by Crippen LogP contribution is -1.95. The summed E-state index contributed by atoms with van der Waals surface area (Å²) in [5.74, 6) is 2.27. The third-order valence-electron chi connectivity index (χ3n) is 3.94. The molecule has 0 aliphatic carbocycles. The highest BCUT2D eigenvalue weighted by atomic mass is 16.7. The molecule has 0 bridgehead atoms. The van der Waals surface area contributed by atoms with Gasteiger partial charge in [-0.3, -0.25) is 10.4 Å². The van der Waals surface area contributed by atoms with Crippen LogP contribution in [0, 0.1) is 6.92 Å². The molecule has 4 rings (SSSR count). The van der Waals surface area contributed by atoms with Gasteiger partial charge in [-0.2, -0.15) is 5.10 Å². The zero-order valence-electron chi connectivity index (χ0n) is 13.9. The number of hydrogen-bond acceptors (Lipinski definition) is 6. The molecule has 6 nitrogen and oxygen atoms in total. The number of aryl methyl sites for hydroxylation is 1. The zero-order chi connectivity index (χ0) is 17.2. The third-order valence-corrected chi connectivity index (χ3v) is 3.94. The molecule has 2 aromatic carbocycles. The molecule has 3 aromatic rings. The van der Waals surface area contributed by atoms with Crippen LogP contribution in [-0.4, -0.2) is 25.1 Å². The van der Waals surface area contributed by atoms with E-state index in [4.69, 9.17) is 14.2 Å². The summed E-state index contributed by atoms with van der Waals surface area (Å²) >= 11 is 0. The Morgan fingerprint density at radius 3 is 2.88 bits per heavy atom. The lowest BCUT2D eigenvalue weighted by atomic mass is 10.1. The van der Waals surface area contributed by atoms with Gasteiger partial charge in [0.15, 0.2) is 11.5 Å². The van der Waals surface area contributed by atoms with Gasteiger partial charge in [0.25, 0.3) is 0 Å². The van der Waals surface area contributed by atoms with Gasteiger partial charge in [0, 0.05) is 11.1 Å². The van der Waals surface area contributed by atoms with Gasteiger partial charge in [-0.25, -0.2) is 0 Å². The molecular formula is C19H17N3O3. The summed E-state index contributed by atoms with van der Waals surface area (Å²) < 4.78 is 16.0. The first-order valence-electron chi connectivity index (χ1n) is 7.87. The highest BCUT2D eigenvalue weighted by Crippen LogP contribution is 2.32. The van der Waals surface area contributed by atoms with Crippen LogP contribution in [0.15, 0.2) is 47.6 Å². The summed E-state index contributed by atoms with van der Waals surface area (Å²) in [7, 11) is 1.65.